The highest BCUT2D eigenvalue weighted by Gasteiger charge is 2.29. The Morgan fingerprint density at radius 1 is 1.50 bits per heavy atom. The van der Waals surface area contributed by atoms with Crippen molar-refractivity contribution in [3.05, 3.63) is 5.69 Å². The first-order valence-corrected chi connectivity index (χ1v) is 5.21. The molecule has 1 fully saturated rings. The molecule has 0 aromatic carbocycles. The van der Waals surface area contributed by atoms with Gasteiger partial charge in [0.05, 0.1) is 11.7 Å². The van der Waals surface area contributed by atoms with Crippen molar-refractivity contribution >= 4 is 17.5 Å². The number of rotatable bonds is 4. The van der Waals surface area contributed by atoms with E-state index in [1.54, 1.807) is 0 Å². The largest absolute Gasteiger partial charge is 0.368 e. The van der Waals surface area contributed by atoms with Crippen LogP contribution in [-0.2, 0) is 0 Å². The summed E-state index contributed by atoms with van der Waals surface area (Å²) in [7, 11) is 0. The molecule has 0 saturated heterocycles. The molecule has 0 radical (unpaired) electrons. The Balaban J connectivity index is 2.03. The molecule has 0 aliphatic heterocycles. The van der Waals surface area contributed by atoms with Crippen LogP contribution >= 0.6 is 11.7 Å². The van der Waals surface area contributed by atoms with Crippen LogP contribution in [0.1, 0.15) is 37.8 Å². The van der Waals surface area contributed by atoms with Gasteiger partial charge in [0.15, 0.2) is 5.82 Å². The lowest BCUT2D eigenvalue weighted by atomic mass is 10.3. The van der Waals surface area contributed by atoms with E-state index in [0.717, 1.165) is 18.8 Å². The number of hydrogen-bond donors (Lipinski definition) is 1. The SMILES string of the molecule is CCCNc1nsnc1C1CC1. The summed E-state index contributed by atoms with van der Waals surface area (Å²) < 4.78 is 8.53. The Bertz CT molecular complexity index is 255. The predicted molar refractivity (Wildman–Crippen MR) is 50.7 cm³/mol. The van der Waals surface area contributed by atoms with Crippen molar-refractivity contribution in [2.24, 2.45) is 0 Å². The minimum Gasteiger partial charge on any atom is -0.368 e. The van der Waals surface area contributed by atoms with E-state index in [1.165, 1.54) is 30.3 Å². The van der Waals surface area contributed by atoms with Gasteiger partial charge in [0.25, 0.3) is 0 Å². The third kappa shape index (κ3) is 1.58. The average molecular weight is 183 g/mol. The zero-order chi connectivity index (χ0) is 8.39. The van der Waals surface area contributed by atoms with Crippen LogP contribution in [0.15, 0.2) is 0 Å². The van der Waals surface area contributed by atoms with Crippen molar-refractivity contribution in [2.45, 2.75) is 32.1 Å². The van der Waals surface area contributed by atoms with Crippen LogP contribution in [0.2, 0.25) is 0 Å². The second kappa shape index (κ2) is 3.39. The van der Waals surface area contributed by atoms with Crippen molar-refractivity contribution in [1.82, 2.24) is 8.75 Å². The van der Waals surface area contributed by atoms with Crippen molar-refractivity contribution in [3.63, 3.8) is 0 Å². The van der Waals surface area contributed by atoms with Gasteiger partial charge in [-0.3, -0.25) is 0 Å². The van der Waals surface area contributed by atoms with Crippen LogP contribution in [0.5, 0.6) is 0 Å². The highest BCUT2D eigenvalue weighted by atomic mass is 32.1. The lowest BCUT2D eigenvalue weighted by Gasteiger charge is -2.00. The van der Waals surface area contributed by atoms with Crippen LogP contribution in [0.3, 0.4) is 0 Å². The van der Waals surface area contributed by atoms with Crippen molar-refractivity contribution in [2.75, 3.05) is 11.9 Å². The molecular formula is C8H13N3S. The molecular weight excluding hydrogens is 170 g/mol. The number of aromatic nitrogens is 2. The number of anilines is 1. The summed E-state index contributed by atoms with van der Waals surface area (Å²) in [5, 5.41) is 3.30. The van der Waals surface area contributed by atoms with Gasteiger partial charge in [0, 0.05) is 12.5 Å². The molecule has 1 aliphatic carbocycles. The van der Waals surface area contributed by atoms with Gasteiger partial charge in [-0.1, -0.05) is 6.92 Å². The lowest BCUT2D eigenvalue weighted by molar-refractivity contribution is 0.960. The zero-order valence-electron chi connectivity index (χ0n) is 7.21. The molecule has 0 spiro atoms. The van der Waals surface area contributed by atoms with Gasteiger partial charge in [0.2, 0.25) is 0 Å². The Labute approximate surface area is 76.5 Å². The molecule has 1 aromatic rings. The van der Waals surface area contributed by atoms with Crippen LogP contribution < -0.4 is 5.32 Å². The number of hydrogen-bond acceptors (Lipinski definition) is 4. The lowest BCUT2D eigenvalue weighted by Crippen LogP contribution is -2.02. The predicted octanol–water partition coefficient (Wildman–Crippen LogP) is 2.24. The normalized spacial score (nSPS) is 16.4. The van der Waals surface area contributed by atoms with Crippen molar-refractivity contribution in [1.29, 1.82) is 0 Å². The fourth-order valence-corrected chi connectivity index (χ4v) is 1.79. The summed E-state index contributed by atoms with van der Waals surface area (Å²) in [6, 6.07) is 0. The second-order valence-electron chi connectivity index (χ2n) is 3.20. The van der Waals surface area contributed by atoms with E-state index < -0.39 is 0 Å². The summed E-state index contributed by atoms with van der Waals surface area (Å²) in [6.07, 6.45) is 3.74. The smallest absolute Gasteiger partial charge is 0.163 e. The average Bonchev–Trinajstić information content (AvgIpc) is 2.83. The highest BCUT2D eigenvalue weighted by molar-refractivity contribution is 6.99. The van der Waals surface area contributed by atoms with Gasteiger partial charge in [-0.2, -0.15) is 8.75 Å². The number of nitrogens with one attached hydrogen (secondary N) is 1. The molecule has 0 unspecified atom stereocenters. The molecule has 3 nitrogen and oxygen atoms in total. The van der Waals surface area contributed by atoms with E-state index >= 15 is 0 Å². The minimum atomic E-state index is 0.711. The molecule has 0 bridgehead atoms. The van der Waals surface area contributed by atoms with Gasteiger partial charge in [-0.05, 0) is 19.3 Å². The van der Waals surface area contributed by atoms with Gasteiger partial charge in [-0.15, -0.1) is 0 Å². The van der Waals surface area contributed by atoms with Crippen LogP contribution in [-0.4, -0.2) is 15.3 Å². The Morgan fingerprint density at radius 2 is 2.33 bits per heavy atom. The minimum absolute atomic E-state index is 0.711. The van der Waals surface area contributed by atoms with Crippen molar-refractivity contribution in [3.8, 4) is 0 Å². The molecule has 1 aliphatic rings. The van der Waals surface area contributed by atoms with Gasteiger partial charge >= 0.3 is 0 Å². The molecule has 1 N–H and O–H groups in total. The first-order chi connectivity index (χ1) is 5.92. The maximum atomic E-state index is 4.30. The third-order valence-electron chi connectivity index (χ3n) is 2.02. The molecule has 0 amide bonds. The van der Waals surface area contributed by atoms with Crippen LogP contribution in [0.4, 0.5) is 5.82 Å². The maximum Gasteiger partial charge on any atom is 0.163 e. The van der Waals surface area contributed by atoms with E-state index in [0.29, 0.717) is 5.92 Å². The molecule has 1 aromatic heterocycles. The van der Waals surface area contributed by atoms with E-state index in [2.05, 4.69) is 21.0 Å². The molecule has 0 atom stereocenters. The fourth-order valence-electron chi connectivity index (χ4n) is 1.19. The standard InChI is InChI=1S/C8H13N3S/c1-2-5-9-8-7(6-3-4-6)10-12-11-8/h6H,2-5H2,1H3,(H,9,11). The summed E-state index contributed by atoms with van der Waals surface area (Å²) in [6.45, 7) is 3.16. The summed E-state index contributed by atoms with van der Waals surface area (Å²) in [4.78, 5) is 0. The molecule has 12 heavy (non-hydrogen) atoms. The first kappa shape index (κ1) is 7.98. The van der Waals surface area contributed by atoms with Crippen molar-refractivity contribution < 1.29 is 0 Å². The quantitative estimate of drug-likeness (QED) is 0.778. The fraction of sp³-hybridized carbons (Fsp3) is 0.750. The Morgan fingerprint density at radius 3 is 3.00 bits per heavy atom. The van der Waals surface area contributed by atoms with Gasteiger partial charge < -0.3 is 5.32 Å². The summed E-state index contributed by atoms with van der Waals surface area (Å²) in [5.41, 5.74) is 1.20. The number of nitrogens with zero attached hydrogens (tertiary/aromatic N) is 2. The van der Waals surface area contributed by atoms with E-state index in [1.807, 2.05) is 0 Å². The molecule has 2 rings (SSSR count). The maximum absolute atomic E-state index is 4.30. The summed E-state index contributed by atoms with van der Waals surface area (Å²) in [5.74, 6) is 1.74. The molecule has 1 heterocycles. The zero-order valence-corrected chi connectivity index (χ0v) is 8.02. The monoisotopic (exact) mass is 183 g/mol. The van der Waals surface area contributed by atoms with Crippen LogP contribution in [0.25, 0.3) is 0 Å². The van der Waals surface area contributed by atoms with Gasteiger partial charge in [-0.25, -0.2) is 0 Å². The van der Waals surface area contributed by atoms with E-state index in [9.17, 15) is 0 Å². The Hall–Kier alpha value is -0.640. The molecule has 4 heteroatoms. The van der Waals surface area contributed by atoms with E-state index in [-0.39, 0.29) is 0 Å². The third-order valence-corrected chi connectivity index (χ3v) is 2.56. The molecule has 1 saturated carbocycles. The van der Waals surface area contributed by atoms with E-state index in [4.69, 9.17) is 0 Å². The van der Waals surface area contributed by atoms with Gasteiger partial charge in [0.1, 0.15) is 5.69 Å². The topological polar surface area (TPSA) is 37.8 Å². The highest BCUT2D eigenvalue weighted by Crippen LogP contribution is 2.42. The van der Waals surface area contributed by atoms with Crippen LogP contribution in [0, 0.1) is 0 Å². The summed E-state index contributed by atoms with van der Waals surface area (Å²) >= 11 is 1.32. The molecule has 66 valence electrons. The second-order valence-corrected chi connectivity index (χ2v) is 3.73. The first-order valence-electron chi connectivity index (χ1n) is 4.48. The Kier molecular flexibility index (Phi) is 2.26.